The fourth-order valence-electron chi connectivity index (χ4n) is 5.14. The Morgan fingerprint density at radius 2 is 2.00 bits per heavy atom. The second kappa shape index (κ2) is 9.31. The Morgan fingerprint density at radius 3 is 2.82 bits per heavy atom. The molecule has 9 heteroatoms. The normalized spacial score (nSPS) is 18.6. The second-order valence-corrected chi connectivity index (χ2v) is 10.2. The average Bonchev–Trinajstić information content (AvgIpc) is 3.32. The molecule has 3 N–H and O–H groups in total. The van der Waals surface area contributed by atoms with E-state index in [1.54, 1.807) is 4.57 Å². The van der Waals surface area contributed by atoms with E-state index >= 15 is 0 Å². The van der Waals surface area contributed by atoms with Crippen LogP contribution in [0.2, 0.25) is 0 Å². The molecule has 0 radical (unpaired) electrons. The number of hydrogen-bond acceptors (Lipinski definition) is 6. The first-order chi connectivity index (χ1) is 16.4. The van der Waals surface area contributed by atoms with E-state index in [1.807, 2.05) is 31.2 Å². The van der Waals surface area contributed by atoms with E-state index in [-0.39, 0.29) is 23.4 Å². The zero-order valence-electron chi connectivity index (χ0n) is 19.3. The van der Waals surface area contributed by atoms with Crippen molar-refractivity contribution in [3.63, 3.8) is 0 Å². The van der Waals surface area contributed by atoms with Gasteiger partial charge in [0.1, 0.15) is 10.7 Å². The lowest BCUT2D eigenvalue weighted by molar-refractivity contribution is -0.122. The number of primary amides is 1. The first-order valence-corrected chi connectivity index (χ1v) is 12.7. The second-order valence-electron chi connectivity index (χ2n) is 9.17. The highest BCUT2D eigenvalue weighted by molar-refractivity contribution is 7.20. The van der Waals surface area contributed by atoms with Crippen molar-refractivity contribution in [2.45, 2.75) is 64.6 Å². The molecule has 1 fully saturated rings. The van der Waals surface area contributed by atoms with Gasteiger partial charge in [-0.05, 0) is 56.3 Å². The van der Waals surface area contributed by atoms with Gasteiger partial charge in [0, 0.05) is 25.2 Å². The van der Waals surface area contributed by atoms with E-state index in [0.717, 1.165) is 56.5 Å². The first kappa shape index (κ1) is 22.7. The molecular formula is C25H29N5O3S. The van der Waals surface area contributed by atoms with Crippen LogP contribution in [0, 0.1) is 6.92 Å². The quantitative estimate of drug-likeness (QED) is 0.584. The summed E-state index contributed by atoms with van der Waals surface area (Å²) in [6.07, 6.45) is 5.58. The number of hydrogen-bond donors (Lipinski definition) is 2. The third kappa shape index (κ3) is 4.14. The van der Waals surface area contributed by atoms with Crippen molar-refractivity contribution in [2.24, 2.45) is 5.73 Å². The SMILES string of the molecule is Cc1c(C(=O)Nc2ccccc2CN2CCCC2C(N)=O)sc2nc3n(c(=O)c12)CCCCC3. The Kier molecular flexibility index (Phi) is 6.22. The number of benzene rings is 1. The third-order valence-corrected chi connectivity index (χ3v) is 8.13. The average molecular weight is 480 g/mol. The van der Waals surface area contributed by atoms with Gasteiger partial charge < -0.3 is 11.1 Å². The highest BCUT2D eigenvalue weighted by atomic mass is 32.1. The highest BCUT2D eigenvalue weighted by Gasteiger charge is 2.29. The summed E-state index contributed by atoms with van der Waals surface area (Å²) in [4.78, 5) is 46.3. The summed E-state index contributed by atoms with van der Waals surface area (Å²) < 4.78 is 1.79. The molecule has 1 aromatic carbocycles. The zero-order chi connectivity index (χ0) is 23.8. The molecule has 1 unspecified atom stereocenters. The van der Waals surface area contributed by atoms with E-state index in [9.17, 15) is 14.4 Å². The molecule has 0 bridgehead atoms. The molecule has 5 rings (SSSR count). The Labute approximate surface area is 201 Å². The Hall–Kier alpha value is -3.04. The third-order valence-electron chi connectivity index (χ3n) is 6.95. The predicted octanol–water partition coefficient (Wildman–Crippen LogP) is 3.19. The monoisotopic (exact) mass is 479 g/mol. The largest absolute Gasteiger partial charge is 0.368 e. The van der Waals surface area contributed by atoms with Crippen molar-refractivity contribution in [1.29, 1.82) is 0 Å². The number of nitrogens with two attached hydrogens (primary N) is 1. The standard InChI is InChI=1S/C25H29N5O3S/c1-15-20-24(28-19-11-3-2-6-13-30(19)25(20)33)34-21(15)23(32)27-17-9-5-4-8-16(17)14-29-12-7-10-18(29)22(26)31/h4-5,8-9,18H,2-3,6-7,10-14H2,1H3,(H2,26,31)(H,27,32). The molecule has 4 heterocycles. The number of thiophene rings is 1. The van der Waals surface area contributed by atoms with Crippen molar-refractivity contribution in [2.75, 3.05) is 11.9 Å². The lowest BCUT2D eigenvalue weighted by atomic mass is 10.1. The van der Waals surface area contributed by atoms with Crippen molar-refractivity contribution >= 4 is 39.1 Å². The zero-order valence-corrected chi connectivity index (χ0v) is 20.1. The fourth-order valence-corrected chi connectivity index (χ4v) is 6.23. The molecular weight excluding hydrogens is 450 g/mol. The van der Waals surface area contributed by atoms with Crippen LogP contribution in [0.3, 0.4) is 0 Å². The van der Waals surface area contributed by atoms with Crippen LogP contribution in [0.5, 0.6) is 0 Å². The van der Waals surface area contributed by atoms with E-state index in [0.29, 0.717) is 39.4 Å². The van der Waals surface area contributed by atoms with Crippen LogP contribution in [0.1, 0.15) is 58.7 Å². The van der Waals surface area contributed by atoms with E-state index in [4.69, 9.17) is 10.7 Å². The van der Waals surface area contributed by atoms with Crippen LogP contribution >= 0.6 is 11.3 Å². The molecule has 2 aromatic heterocycles. The van der Waals surface area contributed by atoms with Gasteiger partial charge in [0.05, 0.1) is 16.3 Å². The minimum atomic E-state index is -0.308. The summed E-state index contributed by atoms with van der Waals surface area (Å²) in [5, 5.41) is 3.59. The summed E-state index contributed by atoms with van der Waals surface area (Å²) in [6, 6.07) is 7.33. The van der Waals surface area contributed by atoms with Crippen LogP contribution in [-0.2, 0) is 24.3 Å². The summed E-state index contributed by atoms with van der Waals surface area (Å²) in [5.74, 6) is 0.265. The number of nitrogens with zero attached hydrogens (tertiary/aromatic N) is 3. The number of aryl methyl sites for hydroxylation is 2. The van der Waals surface area contributed by atoms with Crippen molar-refractivity contribution in [1.82, 2.24) is 14.5 Å². The van der Waals surface area contributed by atoms with Crippen LogP contribution in [0.4, 0.5) is 5.69 Å². The summed E-state index contributed by atoms with van der Waals surface area (Å²) in [5.41, 5.74) is 7.83. The number of likely N-dealkylation sites (tertiary alicyclic amines) is 1. The lowest BCUT2D eigenvalue weighted by Gasteiger charge is -2.23. The molecule has 0 saturated carbocycles. The van der Waals surface area contributed by atoms with Gasteiger partial charge in [-0.1, -0.05) is 24.6 Å². The van der Waals surface area contributed by atoms with Gasteiger partial charge in [-0.2, -0.15) is 0 Å². The van der Waals surface area contributed by atoms with Gasteiger partial charge in [0.15, 0.2) is 0 Å². The van der Waals surface area contributed by atoms with Gasteiger partial charge in [0.25, 0.3) is 11.5 Å². The maximum absolute atomic E-state index is 13.3. The van der Waals surface area contributed by atoms with Gasteiger partial charge in [-0.3, -0.25) is 23.9 Å². The summed E-state index contributed by atoms with van der Waals surface area (Å²) in [7, 11) is 0. The minimum Gasteiger partial charge on any atom is -0.368 e. The summed E-state index contributed by atoms with van der Waals surface area (Å²) >= 11 is 1.28. The molecule has 2 aliphatic rings. The first-order valence-electron chi connectivity index (χ1n) is 11.9. The van der Waals surface area contributed by atoms with Crippen LogP contribution in [-0.4, -0.2) is 38.9 Å². The van der Waals surface area contributed by atoms with E-state index in [1.165, 1.54) is 11.3 Å². The molecule has 8 nitrogen and oxygen atoms in total. The number of fused-ring (bicyclic) bond motifs is 2. The van der Waals surface area contributed by atoms with Gasteiger partial charge in [-0.15, -0.1) is 11.3 Å². The molecule has 1 saturated heterocycles. The molecule has 2 amide bonds. The lowest BCUT2D eigenvalue weighted by Crippen LogP contribution is -2.39. The summed E-state index contributed by atoms with van der Waals surface area (Å²) in [6.45, 7) is 3.84. The number of carbonyl (C=O) groups excluding carboxylic acids is 2. The number of carbonyl (C=O) groups is 2. The topological polar surface area (TPSA) is 110 Å². The van der Waals surface area contributed by atoms with E-state index in [2.05, 4.69) is 10.2 Å². The predicted molar refractivity (Wildman–Crippen MR) is 133 cm³/mol. The maximum atomic E-state index is 13.3. The van der Waals surface area contributed by atoms with Crippen LogP contribution in [0.25, 0.3) is 10.2 Å². The van der Waals surface area contributed by atoms with Crippen LogP contribution in [0.15, 0.2) is 29.1 Å². The van der Waals surface area contributed by atoms with Gasteiger partial charge in [-0.25, -0.2) is 4.98 Å². The van der Waals surface area contributed by atoms with Gasteiger partial charge >= 0.3 is 0 Å². The number of aromatic nitrogens is 2. The molecule has 0 aliphatic carbocycles. The number of anilines is 1. The Balaban J connectivity index is 1.44. The minimum absolute atomic E-state index is 0.0402. The number of para-hydroxylation sites is 1. The molecule has 34 heavy (non-hydrogen) atoms. The number of amides is 2. The van der Waals surface area contributed by atoms with E-state index < -0.39 is 0 Å². The fraction of sp³-hybridized carbons (Fsp3) is 0.440. The number of nitrogens with one attached hydrogen (secondary N) is 1. The molecule has 2 aliphatic heterocycles. The smallest absolute Gasteiger partial charge is 0.266 e. The Bertz CT molecular complexity index is 1330. The highest BCUT2D eigenvalue weighted by Crippen LogP contribution is 2.30. The molecule has 0 spiro atoms. The number of rotatable bonds is 5. The van der Waals surface area contributed by atoms with Crippen molar-refractivity contribution < 1.29 is 9.59 Å². The molecule has 3 aromatic rings. The van der Waals surface area contributed by atoms with Crippen molar-refractivity contribution in [3.8, 4) is 0 Å². The van der Waals surface area contributed by atoms with Gasteiger partial charge in [0.2, 0.25) is 5.91 Å². The molecule has 178 valence electrons. The van der Waals surface area contributed by atoms with Crippen molar-refractivity contribution in [3.05, 3.63) is 56.4 Å². The Morgan fingerprint density at radius 1 is 1.18 bits per heavy atom. The molecule has 1 atom stereocenters. The van der Waals surface area contributed by atoms with Crippen LogP contribution < -0.4 is 16.6 Å². The maximum Gasteiger partial charge on any atom is 0.266 e.